The average Bonchev–Trinajstić information content (AvgIpc) is 2.63. The summed E-state index contributed by atoms with van der Waals surface area (Å²) in [6, 6.07) is 16.4. The lowest BCUT2D eigenvalue weighted by Crippen LogP contribution is -2.01. The average molecular weight is 352 g/mol. The first-order chi connectivity index (χ1) is 12.2. The second kappa shape index (κ2) is 7.51. The molecule has 3 aromatic rings. The molecule has 6 nitrogen and oxygen atoms in total. The fourth-order valence-electron chi connectivity index (χ4n) is 2.19. The van der Waals surface area contributed by atoms with Crippen molar-refractivity contribution in [2.24, 2.45) is 0 Å². The lowest BCUT2D eigenvalue weighted by molar-refractivity contribution is 0.415. The van der Waals surface area contributed by atoms with Crippen molar-refractivity contribution in [3.05, 3.63) is 65.3 Å². The van der Waals surface area contributed by atoms with Gasteiger partial charge in [-0.2, -0.15) is 10.2 Å². The van der Waals surface area contributed by atoms with E-state index >= 15 is 0 Å². The van der Waals surface area contributed by atoms with Gasteiger partial charge in [0.25, 0.3) is 0 Å². The van der Waals surface area contributed by atoms with Gasteiger partial charge < -0.3 is 15.4 Å². The van der Waals surface area contributed by atoms with Gasteiger partial charge in [0, 0.05) is 11.9 Å². The summed E-state index contributed by atoms with van der Waals surface area (Å²) in [4.78, 5) is 8.58. The van der Waals surface area contributed by atoms with E-state index in [1.54, 1.807) is 37.6 Å². The lowest BCUT2D eigenvalue weighted by atomic mass is 10.2. The first-order valence-corrected chi connectivity index (χ1v) is 7.77. The maximum Gasteiger partial charge on any atom is 0.229 e. The van der Waals surface area contributed by atoms with Gasteiger partial charge in [0.15, 0.2) is 0 Å². The number of nitrogens with one attached hydrogen (secondary N) is 2. The van der Waals surface area contributed by atoms with E-state index in [0.717, 1.165) is 5.69 Å². The second-order valence-corrected chi connectivity index (χ2v) is 5.43. The van der Waals surface area contributed by atoms with E-state index in [1.807, 2.05) is 24.3 Å². The number of halogens is 1. The summed E-state index contributed by atoms with van der Waals surface area (Å²) in [6.45, 7) is 0. The predicted octanol–water partition coefficient (Wildman–Crippen LogP) is 4.50. The van der Waals surface area contributed by atoms with Crippen molar-refractivity contribution < 1.29 is 4.74 Å². The Kier molecular flexibility index (Phi) is 4.97. The van der Waals surface area contributed by atoms with Gasteiger partial charge in [0.05, 0.1) is 23.4 Å². The second-order valence-electron chi connectivity index (χ2n) is 5.02. The van der Waals surface area contributed by atoms with Crippen LogP contribution in [0.3, 0.4) is 0 Å². The number of hydrogen-bond donors (Lipinski definition) is 2. The van der Waals surface area contributed by atoms with Crippen LogP contribution in [0, 0.1) is 11.3 Å². The van der Waals surface area contributed by atoms with Crippen LogP contribution in [-0.2, 0) is 0 Å². The molecule has 1 aromatic heterocycles. The molecule has 0 atom stereocenters. The van der Waals surface area contributed by atoms with Crippen molar-refractivity contribution in [1.29, 1.82) is 5.26 Å². The number of ether oxygens (including phenoxy) is 1. The van der Waals surface area contributed by atoms with Crippen LogP contribution in [0.25, 0.3) is 0 Å². The van der Waals surface area contributed by atoms with Crippen molar-refractivity contribution in [2.75, 3.05) is 17.7 Å². The summed E-state index contributed by atoms with van der Waals surface area (Å²) in [7, 11) is 1.56. The summed E-state index contributed by atoms with van der Waals surface area (Å²) in [5.41, 5.74) is 1.96. The molecule has 25 heavy (non-hydrogen) atoms. The molecule has 2 aromatic carbocycles. The Balaban J connectivity index is 1.80. The Morgan fingerprint density at radius 2 is 1.96 bits per heavy atom. The molecule has 0 amide bonds. The molecular weight excluding hydrogens is 338 g/mol. The lowest BCUT2D eigenvalue weighted by Gasteiger charge is -2.10. The molecule has 0 saturated carbocycles. The third-order valence-corrected chi connectivity index (χ3v) is 3.67. The fraction of sp³-hybridized carbons (Fsp3) is 0.0556. The fourth-order valence-corrected chi connectivity index (χ4v) is 2.45. The largest absolute Gasteiger partial charge is 0.495 e. The number of benzene rings is 2. The molecule has 124 valence electrons. The molecule has 0 aliphatic heterocycles. The van der Waals surface area contributed by atoms with E-state index < -0.39 is 0 Å². The van der Waals surface area contributed by atoms with Gasteiger partial charge in [0.2, 0.25) is 5.95 Å². The molecule has 0 fully saturated rings. The molecule has 7 heteroatoms. The zero-order valence-electron chi connectivity index (χ0n) is 13.3. The van der Waals surface area contributed by atoms with Crippen molar-refractivity contribution >= 4 is 34.7 Å². The Morgan fingerprint density at radius 1 is 1.12 bits per heavy atom. The Hall–Kier alpha value is -3.30. The van der Waals surface area contributed by atoms with E-state index in [9.17, 15) is 0 Å². The molecular formula is C18H14ClN5O. The van der Waals surface area contributed by atoms with Crippen LogP contribution in [0.2, 0.25) is 5.02 Å². The molecule has 0 bridgehead atoms. The van der Waals surface area contributed by atoms with Crippen LogP contribution in [0.5, 0.6) is 5.75 Å². The normalized spacial score (nSPS) is 9.96. The first kappa shape index (κ1) is 16.6. The zero-order chi connectivity index (χ0) is 17.6. The van der Waals surface area contributed by atoms with Crippen LogP contribution in [0.4, 0.5) is 23.1 Å². The number of methoxy groups -OCH3 is 1. The molecule has 2 N–H and O–H groups in total. The summed E-state index contributed by atoms with van der Waals surface area (Å²) < 4.78 is 5.13. The number of para-hydroxylation sites is 1. The topological polar surface area (TPSA) is 82.9 Å². The van der Waals surface area contributed by atoms with E-state index in [1.165, 1.54) is 0 Å². The first-order valence-electron chi connectivity index (χ1n) is 7.39. The summed E-state index contributed by atoms with van der Waals surface area (Å²) in [5, 5.41) is 15.9. The van der Waals surface area contributed by atoms with Crippen molar-refractivity contribution in [1.82, 2.24) is 9.97 Å². The molecule has 0 spiro atoms. The quantitative estimate of drug-likeness (QED) is 0.704. The minimum atomic E-state index is 0.403. The number of aromatic nitrogens is 2. The molecule has 0 aliphatic carbocycles. The smallest absolute Gasteiger partial charge is 0.229 e. The monoisotopic (exact) mass is 351 g/mol. The van der Waals surface area contributed by atoms with Crippen LogP contribution < -0.4 is 15.4 Å². The van der Waals surface area contributed by atoms with Crippen molar-refractivity contribution in [3.8, 4) is 11.8 Å². The number of rotatable bonds is 5. The SMILES string of the molecule is COc1ccc(Nc2nccc(Nc3ccccc3C#N)n2)cc1Cl. The van der Waals surface area contributed by atoms with E-state index in [4.69, 9.17) is 21.6 Å². The van der Waals surface area contributed by atoms with Crippen LogP contribution in [-0.4, -0.2) is 17.1 Å². The van der Waals surface area contributed by atoms with E-state index in [0.29, 0.717) is 33.8 Å². The number of nitriles is 1. The van der Waals surface area contributed by atoms with Gasteiger partial charge in [-0.05, 0) is 36.4 Å². The Labute approximate surface area is 150 Å². The minimum Gasteiger partial charge on any atom is -0.495 e. The van der Waals surface area contributed by atoms with Crippen LogP contribution in [0.1, 0.15) is 5.56 Å². The van der Waals surface area contributed by atoms with Gasteiger partial charge in [-0.1, -0.05) is 23.7 Å². The Bertz CT molecular complexity index is 939. The number of hydrogen-bond acceptors (Lipinski definition) is 6. The zero-order valence-corrected chi connectivity index (χ0v) is 14.1. The van der Waals surface area contributed by atoms with Crippen molar-refractivity contribution in [2.45, 2.75) is 0 Å². The number of nitrogens with zero attached hydrogens (tertiary/aromatic N) is 3. The van der Waals surface area contributed by atoms with Crippen molar-refractivity contribution in [3.63, 3.8) is 0 Å². The maximum atomic E-state index is 9.16. The van der Waals surface area contributed by atoms with Crippen LogP contribution in [0.15, 0.2) is 54.7 Å². The van der Waals surface area contributed by atoms with Gasteiger partial charge in [-0.3, -0.25) is 0 Å². The minimum absolute atomic E-state index is 0.403. The molecule has 0 aliphatic rings. The summed E-state index contributed by atoms with van der Waals surface area (Å²) in [5.74, 6) is 1.57. The standard InChI is InChI=1S/C18H14ClN5O/c1-25-16-7-6-13(10-14(16)19)22-18-21-9-8-17(24-18)23-15-5-3-2-4-12(15)11-20/h2-10H,1H3,(H2,21,22,23,24). The highest BCUT2D eigenvalue weighted by Gasteiger charge is 2.06. The molecule has 1 heterocycles. The number of anilines is 4. The third-order valence-electron chi connectivity index (χ3n) is 3.37. The van der Waals surface area contributed by atoms with E-state index in [2.05, 4.69) is 26.7 Å². The van der Waals surface area contributed by atoms with E-state index in [-0.39, 0.29) is 0 Å². The molecule has 0 unspecified atom stereocenters. The highest BCUT2D eigenvalue weighted by Crippen LogP contribution is 2.28. The Morgan fingerprint density at radius 3 is 2.72 bits per heavy atom. The molecule has 3 rings (SSSR count). The predicted molar refractivity (Wildman–Crippen MR) is 97.8 cm³/mol. The van der Waals surface area contributed by atoms with Gasteiger partial charge in [-0.15, -0.1) is 0 Å². The maximum absolute atomic E-state index is 9.16. The van der Waals surface area contributed by atoms with Gasteiger partial charge in [0.1, 0.15) is 17.6 Å². The van der Waals surface area contributed by atoms with Gasteiger partial charge >= 0.3 is 0 Å². The van der Waals surface area contributed by atoms with Gasteiger partial charge in [-0.25, -0.2) is 4.98 Å². The summed E-state index contributed by atoms with van der Waals surface area (Å²) >= 11 is 6.12. The highest BCUT2D eigenvalue weighted by atomic mass is 35.5. The molecule has 0 saturated heterocycles. The highest BCUT2D eigenvalue weighted by molar-refractivity contribution is 6.32. The summed E-state index contributed by atoms with van der Waals surface area (Å²) in [6.07, 6.45) is 1.62. The molecule has 0 radical (unpaired) electrons. The third kappa shape index (κ3) is 3.97. The van der Waals surface area contributed by atoms with Crippen LogP contribution >= 0.6 is 11.6 Å².